The van der Waals surface area contributed by atoms with Crippen molar-refractivity contribution >= 4 is 0 Å². The van der Waals surface area contributed by atoms with Gasteiger partial charge in [0, 0.05) is 12.0 Å². The molecule has 0 radical (unpaired) electrons. The van der Waals surface area contributed by atoms with Crippen LogP contribution >= 0.6 is 0 Å². The standard InChI is InChI=1S/C8H8FN2O/c9-7-3-1-5-11(10)8(7)4-2-6-12/h1,3,5,12H,6,10H2/q+1. The summed E-state index contributed by atoms with van der Waals surface area (Å²) in [7, 11) is 0. The van der Waals surface area contributed by atoms with E-state index in [0.29, 0.717) is 0 Å². The van der Waals surface area contributed by atoms with Crippen LogP contribution in [0.3, 0.4) is 0 Å². The molecule has 12 heavy (non-hydrogen) atoms. The number of aliphatic hydroxyl groups excluding tert-OH is 1. The number of nitrogen functional groups attached to an aromatic ring is 1. The first-order chi connectivity index (χ1) is 5.75. The van der Waals surface area contributed by atoms with Crippen LogP contribution in [0.2, 0.25) is 0 Å². The first kappa shape index (κ1) is 8.50. The SMILES string of the molecule is N[n+]1cccc(F)c1C#CCO. The van der Waals surface area contributed by atoms with Gasteiger partial charge in [0.25, 0.3) is 0 Å². The van der Waals surface area contributed by atoms with Gasteiger partial charge in [-0.1, -0.05) is 10.6 Å². The Hall–Kier alpha value is -1.60. The Balaban J connectivity index is 3.13. The fraction of sp³-hybridized carbons (Fsp3) is 0.125. The van der Waals surface area contributed by atoms with Crippen molar-refractivity contribution in [1.82, 2.24) is 0 Å². The van der Waals surface area contributed by atoms with Crippen LogP contribution in [0, 0.1) is 17.7 Å². The summed E-state index contributed by atoms with van der Waals surface area (Å²) < 4.78 is 14.0. The Bertz CT molecular complexity index is 320. The van der Waals surface area contributed by atoms with E-state index in [1.165, 1.54) is 18.3 Å². The maximum Gasteiger partial charge on any atom is 0.321 e. The van der Waals surface area contributed by atoms with Crippen LogP contribution in [0.25, 0.3) is 0 Å². The molecule has 0 spiro atoms. The highest BCUT2D eigenvalue weighted by molar-refractivity contribution is 5.24. The van der Waals surface area contributed by atoms with Crippen molar-refractivity contribution in [2.24, 2.45) is 0 Å². The molecule has 3 nitrogen and oxygen atoms in total. The molecule has 0 atom stereocenters. The molecular formula is C8H8FN2O+. The van der Waals surface area contributed by atoms with Gasteiger partial charge >= 0.3 is 5.69 Å². The molecule has 4 heteroatoms. The number of nitrogens with two attached hydrogens (primary N) is 1. The molecular weight excluding hydrogens is 159 g/mol. The zero-order valence-electron chi connectivity index (χ0n) is 6.29. The fourth-order valence-electron chi connectivity index (χ4n) is 0.745. The molecule has 1 aromatic heterocycles. The van der Waals surface area contributed by atoms with Crippen molar-refractivity contribution in [3.8, 4) is 11.8 Å². The normalized spacial score (nSPS) is 8.83. The number of aliphatic hydroxyl groups is 1. The lowest BCUT2D eigenvalue weighted by atomic mass is 10.3. The van der Waals surface area contributed by atoms with Crippen molar-refractivity contribution in [1.29, 1.82) is 0 Å². The number of hydrogen-bond acceptors (Lipinski definition) is 2. The first-order valence-electron chi connectivity index (χ1n) is 3.30. The van der Waals surface area contributed by atoms with E-state index in [9.17, 15) is 4.39 Å². The third-order valence-electron chi connectivity index (χ3n) is 1.26. The lowest BCUT2D eigenvalue weighted by Crippen LogP contribution is -2.47. The highest BCUT2D eigenvalue weighted by Crippen LogP contribution is 1.96. The molecule has 0 saturated carbocycles. The van der Waals surface area contributed by atoms with Crippen LogP contribution < -0.4 is 10.5 Å². The van der Waals surface area contributed by atoms with Crippen molar-refractivity contribution in [2.75, 3.05) is 12.4 Å². The average molecular weight is 167 g/mol. The van der Waals surface area contributed by atoms with Gasteiger partial charge in [-0.2, -0.15) is 4.39 Å². The predicted octanol–water partition coefficient (Wildman–Crippen LogP) is -0.829. The molecule has 3 N–H and O–H groups in total. The van der Waals surface area contributed by atoms with Crippen molar-refractivity contribution in [3.05, 3.63) is 29.8 Å². The number of aromatic nitrogens is 1. The number of rotatable bonds is 0. The molecule has 0 aliphatic rings. The molecule has 1 aromatic rings. The molecule has 0 aliphatic carbocycles. The fourth-order valence-corrected chi connectivity index (χ4v) is 0.745. The summed E-state index contributed by atoms with van der Waals surface area (Å²) in [5.74, 6) is 9.56. The van der Waals surface area contributed by atoms with Crippen molar-refractivity contribution < 1.29 is 14.2 Å². The van der Waals surface area contributed by atoms with E-state index in [1.807, 2.05) is 0 Å². The molecule has 0 amide bonds. The summed E-state index contributed by atoms with van der Waals surface area (Å²) in [5.41, 5.74) is 0.0616. The van der Waals surface area contributed by atoms with Crippen LogP contribution in [-0.4, -0.2) is 11.7 Å². The predicted molar refractivity (Wildman–Crippen MR) is 40.7 cm³/mol. The third-order valence-corrected chi connectivity index (χ3v) is 1.26. The van der Waals surface area contributed by atoms with Crippen LogP contribution in [-0.2, 0) is 0 Å². The van der Waals surface area contributed by atoms with Gasteiger partial charge in [0.15, 0.2) is 0 Å². The van der Waals surface area contributed by atoms with E-state index in [0.717, 1.165) is 4.68 Å². The summed E-state index contributed by atoms with van der Waals surface area (Å²) in [6, 6.07) is 2.73. The van der Waals surface area contributed by atoms with Gasteiger partial charge < -0.3 is 5.11 Å². The maximum atomic E-state index is 12.9. The second kappa shape index (κ2) is 3.69. The van der Waals surface area contributed by atoms with Gasteiger partial charge in [0.2, 0.25) is 12.0 Å². The van der Waals surface area contributed by atoms with E-state index in [2.05, 4.69) is 11.8 Å². The summed E-state index contributed by atoms with van der Waals surface area (Å²) >= 11 is 0. The molecule has 62 valence electrons. The minimum Gasteiger partial charge on any atom is -0.384 e. The monoisotopic (exact) mass is 167 g/mol. The first-order valence-corrected chi connectivity index (χ1v) is 3.30. The third kappa shape index (κ3) is 1.71. The summed E-state index contributed by atoms with van der Waals surface area (Å²) in [6.07, 6.45) is 1.48. The van der Waals surface area contributed by atoms with Gasteiger partial charge in [-0.3, -0.25) is 0 Å². The Labute approximate surface area is 69.2 Å². The highest BCUT2D eigenvalue weighted by Gasteiger charge is 2.10. The summed E-state index contributed by atoms with van der Waals surface area (Å²) in [6.45, 7) is -0.311. The van der Waals surface area contributed by atoms with Gasteiger partial charge in [-0.25, -0.2) is 5.84 Å². The molecule has 1 rings (SSSR count). The van der Waals surface area contributed by atoms with E-state index >= 15 is 0 Å². The van der Waals surface area contributed by atoms with Crippen LogP contribution in [0.15, 0.2) is 18.3 Å². The average Bonchev–Trinajstić information content (AvgIpc) is 2.04. The lowest BCUT2D eigenvalue weighted by Gasteiger charge is -1.89. The maximum absolute atomic E-state index is 12.9. The number of halogens is 1. The van der Waals surface area contributed by atoms with E-state index in [4.69, 9.17) is 10.9 Å². The minimum absolute atomic E-state index is 0.0616. The molecule has 0 unspecified atom stereocenters. The second-order valence-electron chi connectivity index (χ2n) is 2.07. The quantitative estimate of drug-likeness (QED) is 0.301. The highest BCUT2D eigenvalue weighted by atomic mass is 19.1. The molecule has 0 saturated heterocycles. The van der Waals surface area contributed by atoms with Gasteiger partial charge in [-0.05, 0) is 6.07 Å². The molecule has 0 aromatic carbocycles. The Morgan fingerprint density at radius 1 is 1.67 bits per heavy atom. The largest absolute Gasteiger partial charge is 0.384 e. The van der Waals surface area contributed by atoms with E-state index in [1.54, 1.807) is 0 Å². The minimum atomic E-state index is -0.499. The molecule has 0 aliphatic heterocycles. The number of nitrogens with zero attached hydrogens (tertiary/aromatic N) is 1. The van der Waals surface area contributed by atoms with E-state index in [-0.39, 0.29) is 12.3 Å². The smallest absolute Gasteiger partial charge is 0.321 e. The Morgan fingerprint density at radius 2 is 2.42 bits per heavy atom. The lowest BCUT2D eigenvalue weighted by molar-refractivity contribution is -0.643. The van der Waals surface area contributed by atoms with Crippen molar-refractivity contribution in [3.63, 3.8) is 0 Å². The number of hydrogen-bond donors (Lipinski definition) is 2. The Kier molecular flexibility index (Phi) is 2.62. The van der Waals surface area contributed by atoms with Crippen molar-refractivity contribution in [2.45, 2.75) is 0 Å². The zero-order valence-corrected chi connectivity index (χ0v) is 6.29. The van der Waals surface area contributed by atoms with Crippen LogP contribution in [0.4, 0.5) is 4.39 Å². The molecule has 1 heterocycles. The van der Waals surface area contributed by atoms with Gasteiger partial charge in [-0.15, -0.1) is 0 Å². The summed E-state index contributed by atoms with van der Waals surface area (Å²) in [5, 5.41) is 8.36. The van der Waals surface area contributed by atoms with E-state index < -0.39 is 5.82 Å². The molecule has 0 bridgehead atoms. The number of pyridine rings is 1. The second-order valence-corrected chi connectivity index (χ2v) is 2.07. The van der Waals surface area contributed by atoms with Crippen LogP contribution in [0.1, 0.15) is 5.69 Å². The van der Waals surface area contributed by atoms with Gasteiger partial charge in [0.05, 0.1) is 0 Å². The Morgan fingerprint density at radius 3 is 3.00 bits per heavy atom. The topological polar surface area (TPSA) is 50.1 Å². The molecule has 0 fully saturated rings. The summed E-state index contributed by atoms with van der Waals surface area (Å²) in [4.78, 5) is 0. The van der Waals surface area contributed by atoms with Crippen LogP contribution in [0.5, 0.6) is 0 Å². The van der Waals surface area contributed by atoms with Gasteiger partial charge in [0.1, 0.15) is 6.61 Å². The zero-order chi connectivity index (χ0) is 8.97.